The zero-order valence-corrected chi connectivity index (χ0v) is 16.4. The van der Waals surface area contributed by atoms with Gasteiger partial charge in [-0.15, -0.1) is 0 Å². The molecule has 5 rings (SSSR count). The second-order valence-corrected chi connectivity index (χ2v) is 7.87. The van der Waals surface area contributed by atoms with Crippen molar-refractivity contribution in [1.29, 1.82) is 0 Å². The Kier molecular flexibility index (Phi) is 4.56. The SMILES string of the molecule is S=C1N[C@@H](c2ccccn2)[C@@H](c2cccn2-c2cccnc2)N1C1CCCC1. The van der Waals surface area contributed by atoms with Crippen molar-refractivity contribution < 1.29 is 0 Å². The fraction of sp³-hybridized carbons (Fsp3) is 0.318. The molecule has 0 unspecified atom stereocenters. The van der Waals surface area contributed by atoms with Gasteiger partial charge in [-0.25, -0.2) is 0 Å². The van der Waals surface area contributed by atoms with Crippen molar-refractivity contribution in [2.24, 2.45) is 0 Å². The van der Waals surface area contributed by atoms with E-state index >= 15 is 0 Å². The molecule has 0 spiro atoms. The van der Waals surface area contributed by atoms with Crippen molar-refractivity contribution in [2.75, 3.05) is 0 Å². The average Bonchev–Trinajstić information content (AvgIpc) is 3.48. The van der Waals surface area contributed by atoms with Crippen molar-refractivity contribution in [3.63, 3.8) is 0 Å². The van der Waals surface area contributed by atoms with Crippen LogP contribution in [0.3, 0.4) is 0 Å². The fourth-order valence-corrected chi connectivity index (χ4v) is 5.01. The predicted molar refractivity (Wildman–Crippen MR) is 113 cm³/mol. The van der Waals surface area contributed by atoms with Gasteiger partial charge in [0.25, 0.3) is 0 Å². The van der Waals surface area contributed by atoms with Crippen LogP contribution in [0.4, 0.5) is 0 Å². The number of rotatable bonds is 4. The van der Waals surface area contributed by atoms with Gasteiger partial charge in [0.2, 0.25) is 0 Å². The molecule has 4 heterocycles. The number of thiocarbonyl (C=S) groups is 1. The van der Waals surface area contributed by atoms with E-state index in [1.807, 2.05) is 30.6 Å². The molecule has 1 saturated heterocycles. The lowest BCUT2D eigenvalue weighted by Gasteiger charge is -2.33. The molecule has 2 atom stereocenters. The van der Waals surface area contributed by atoms with Gasteiger partial charge in [0, 0.05) is 30.3 Å². The first-order chi connectivity index (χ1) is 13.8. The lowest BCUT2D eigenvalue weighted by molar-refractivity contribution is 0.239. The zero-order chi connectivity index (χ0) is 18.9. The summed E-state index contributed by atoms with van der Waals surface area (Å²) >= 11 is 5.83. The molecule has 0 radical (unpaired) electrons. The number of hydrogen-bond donors (Lipinski definition) is 1. The molecule has 6 heteroatoms. The molecule has 1 saturated carbocycles. The summed E-state index contributed by atoms with van der Waals surface area (Å²) in [7, 11) is 0. The van der Waals surface area contributed by atoms with Crippen LogP contribution in [-0.4, -0.2) is 30.6 Å². The third-order valence-corrected chi connectivity index (χ3v) is 6.19. The molecule has 2 aliphatic rings. The van der Waals surface area contributed by atoms with E-state index in [0.717, 1.165) is 16.5 Å². The standard InChI is InChI=1S/C22H23N5S/c28-22-25-20(18-10-3-4-13-24-18)21(27(22)16-7-1-2-8-16)19-11-6-14-26(19)17-9-5-12-23-15-17/h3-6,9-16,20-21H,1-2,7-8H2,(H,25,28)/t20-,21+/m0/s1. The van der Waals surface area contributed by atoms with Gasteiger partial charge in [0.15, 0.2) is 5.11 Å². The van der Waals surface area contributed by atoms with Gasteiger partial charge in [-0.1, -0.05) is 18.9 Å². The molecule has 3 aromatic rings. The van der Waals surface area contributed by atoms with E-state index in [2.05, 4.69) is 55.2 Å². The third kappa shape index (κ3) is 2.98. The Hall–Kier alpha value is -2.73. The minimum Gasteiger partial charge on any atom is -0.352 e. The van der Waals surface area contributed by atoms with Gasteiger partial charge >= 0.3 is 0 Å². The summed E-state index contributed by atoms with van der Waals surface area (Å²) in [6.07, 6.45) is 12.6. The number of nitrogens with zero attached hydrogens (tertiary/aromatic N) is 4. The summed E-state index contributed by atoms with van der Waals surface area (Å²) in [5.74, 6) is 0. The van der Waals surface area contributed by atoms with Crippen LogP contribution in [0.5, 0.6) is 0 Å². The Bertz CT molecular complexity index is 949. The summed E-state index contributed by atoms with van der Waals surface area (Å²) in [6.45, 7) is 0. The molecule has 5 nitrogen and oxygen atoms in total. The van der Waals surface area contributed by atoms with E-state index in [4.69, 9.17) is 12.2 Å². The van der Waals surface area contributed by atoms with Gasteiger partial charge in [-0.3, -0.25) is 9.97 Å². The van der Waals surface area contributed by atoms with Crippen molar-refractivity contribution in [1.82, 2.24) is 24.8 Å². The van der Waals surface area contributed by atoms with Crippen molar-refractivity contribution >= 4 is 17.3 Å². The first kappa shape index (κ1) is 17.4. The van der Waals surface area contributed by atoms with Gasteiger partial charge in [-0.05, 0) is 61.5 Å². The van der Waals surface area contributed by atoms with E-state index < -0.39 is 0 Å². The molecule has 142 valence electrons. The highest BCUT2D eigenvalue weighted by Crippen LogP contribution is 2.43. The first-order valence-corrected chi connectivity index (χ1v) is 10.3. The Labute approximate surface area is 170 Å². The second-order valence-electron chi connectivity index (χ2n) is 7.49. The van der Waals surface area contributed by atoms with Crippen LogP contribution in [0.1, 0.15) is 49.2 Å². The van der Waals surface area contributed by atoms with Crippen LogP contribution in [0.15, 0.2) is 67.3 Å². The Morgan fingerprint density at radius 2 is 1.89 bits per heavy atom. The van der Waals surface area contributed by atoms with Crippen LogP contribution in [0.2, 0.25) is 0 Å². The lowest BCUT2D eigenvalue weighted by atomic mass is 9.99. The van der Waals surface area contributed by atoms with E-state index in [0.29, 0.717) is 6.04 Å². The van der Waals surface area contributed by atoms with Crippen LogP contribution < -0.4 is 5.32 Å². The molecule has 1 aliphatic carbocycles. The number of aromatic nitrogens is 3. The maximum absolute atomic E-state index is 5.83. The zero-order valence-electron chi connectivity index (χ0n) is 15.6. The molecule has 0 aromatic carbocycles. The normalized spacial score (nSPS) is 22.6. The molecule has 28 heavy (non-hydrogen) atoms. The smallest absolute Gasteiger partial charge is 0.170 e. The molecular formula is C22H23N5S. The molecular weight excluding hydrogens is 366 g/mol. The quantitative estimate of drug-likeness (QED) is 0.678. The predicted octanol–water partition coefficient (Wildman–Crippen LogP) is 4.18. The van der Waals surface area contributed by atoms with Crippen LogP contribution in [-0.2, 0) is 0 Å². The summed E-state index contributed by atoms with van der Waals surface area (Å²) in [5, 5.41) is 4.42. The topological polar surface area (TPSA) is 46.0 Å². The van der Waals surface area contributed by atoms with Crippen LogP contribution in [0, 0.1) is 0 Å². The lowest BCUT2D eigenvalue weighted by Crippen LogP contribution is -2.38. The maximum Gasteiger partial charge on any atom is 0.170 e. The molecule has 0 amide bonds. The molecule has 1 N–H and O–H groups in total. The second kappa shape index (κ2) is 7.36. The fourth-order valence-electron chi connectivity index (χ4n) is 4.62. The highest BCUT2D eigenvalue weighted by atomic mass is 32.1. The van der Waals surface area contributed by atoms with E-state index in [1.54, 1.807) is 6.20 Å². The molecule has 1 aliphatic heterocycles. The largest absolute Gasteiger partial charge is 0.352 e. The highest BCUT2D eigenvalue weighted by Gasteiger charge is 2.44. The van der Waals surface area contributed by atoms with Crippen LogP contribution >= 0.6 is 12.2 Å². The van der Waals surface area contributed by atoms with Crippen molar-refractivity contribution in [2.45, 2.75) is 43.8 Å². The molecule has 2 fully saturated rings. The summed E-state index contributed by atoms with van der Waals surface area (Å²) in [6, 6.07) is 15.1. The monoisotopic (exact) mass is 389 g/mol. The molecule has 3 aromatic heterocycles. The van der Waals surface area contributed by atoms with Crippen molar-refractivity contribution in [3.05, 3.63) is 78.6 Å². The third-order valence-electron chi connectivity index (χ3n) is 5.86. The van der Waals surface area contributed by atoms with E-state index in [9.17, 15) is 0 Å². The van der Waals surface area contributed by atoms with Gasteiger partial charge in [-0.2, -0.15) is 0 Å². The summed E-state index contributed by atoms with van der Waals surface area (Å²) in [5.41, 5.74) is 3.30. The maximum atomic E-state index is 5.83. The summed E-state index contributed by atoms with van der Waals surface area (Å²) in [4.78, 5) is 11.4. The number of nitrogens with one attached hydrogen (secondary N) is 1. The van der Waals surface area contributed by atoms with Gasteiger partial charge in [0.1, 0.15) is 0 Å². The van der Waals surface area contributed by atoms with Gasteiger partial charge < -0.3 is 14.8 Å². The Balaban J connectivity index is 1.62. The Morgan fingerprint density at radius 1 is 1.00 bits per heavy atom. The number of hydrogen-bond acceptors (Lipinski definition) is 3. The summed E-state index contributed by atoms with van der Waals surface area (Å²) < 4.78 is 2.23. The molecule has 0 bridgehead atoms. The van der Waals surface area contributed by atoms with E-state index in [-0.39, 0.29) is 12.1 Å². The Morgan fingerprint density at radius 3 is 2.64 bits per heavy atom. The minimum absolute atomic E-state index is 0.0274. The van der Waals surface area contributed by atoms with Crippen molar-refractivity contribution in [3.8, 4) is 5.69 Å². The van der Waals surface area contributed by atoms with Gasteiger partial charge in [0.05, 0.1) is 29.7 Å². The van der Waals surface area contributed by atoms with Crippen LogP contribution in [0.25, 0.3) is 5.69 Å². The average molecular weight is 390 g/mol. The number of pyridine rings is 2. The minimum atomic E-state index is 0.0274. The first-order valence-electron chi connectivity index (χ1n) is 9.90. The highest BCUT2D eigenvalue weighted by molar-refractivity contribution is 7.80. The van der Waals surface area contributed by atoms with E-state index in [1.165, 1.54) is 31.4 Å².